The fourth-order valence-electron chi connectivity index (χ4n) is 1.11. The van der Waals surface area contributed by atoms with Crippen molar-refractivity contribution in [1.82, 2.24) is 4.98 Å². The molecule has 0 saturated heterocycles. The van der Waals surface area contributed by atoms with Crippen molar-refractivity contribution >= 4 is 11.3 Å². The van der Waals surface area contributed by atoms with Crippen molar-refractivity contribution in [1.29, 1.82) is 0 Å². The number of hydrogen-bond acceptors (Lipinski definition) is 2. The van der Waals surface area contributed by atoms with Crippen LogP contribution in [0.3, 0.4) is 0 Å². The molecule has 0 aliphatic carbocycles. The van der Waals surface area contributed by atoms with E-state index >= 15 is 0 Å². The summed E-state index contributed by atoms with van der Waals surface area (Å²) in [4.78, 5) is 4.21. The van der Waals surface area contributed by atoms with Gasteiger partial charge in [0.15, 0.2) is 0 Å². The van der Waals surface area contributed by atoms with E-state index in [4.69, 9.17) is 6.42 Å². The number of benzene rings is 1. The average Bonchev–Trinajstić information content (AvgIpc) is 2.71. The second-order valence-corrected chi connectivity index (χ2v) is 3.46. The molecule has 62 valence electrons. The van der Waals surface area contributed by atoms with E-state index < -0.39 is 0 Å². The van der Waals surface area contributed by atoms with Crippen LogP contribution < -0.4 is 0 Å². The normalized spacial score (nSPS) is 9.46. The lowest BCUT2D eigenvalue weighted by atomic mass is 10.1. The molecular formula is C11H7NS. The van der Waals surface area contributed by atoms with Gasteiger partial charge in [-0.1, -0.05) is 18.1 Å². The summed E-state index contributed by atoms with van der Waals surface area (Å²) < 4.78 is 0. The summed E-state index contributed by atoms with van der Waals surface area (Å²) in [6, 6.07) is 7.85. The number of terminal acetylenes is 1. The van der Waals surface area contributed by atoms with Gasteiger partial charge >= 0.3 is 0 Å². The summed E-state index contributed by atoms with van der Waals surface area (Å²) >= 11 is 1.62. The van der Waals surface area contributed by atoms with Crippen molar-refractivity contribution in [3.8, 4) is 22.9 Å². The van der Waals surface area contributed by atoms with Gasteiger partial charge in [0.05, 0.1) is 0 Å². The van der Waals surface area contributed by atoms with Gasteiger partial charge in [0.1, 0.15) is 5.01 Å². The molecule has 0 fully saturated rings. The van der Waals surface area contributed by atoms with E-state index in [9.17, 15) is 0 Å². The first-order valence-electron chi connectivity index (χ1n) is 3.87. The molecule has 0 unspecified atom stereocenters. The standard InChI is InChI=1S/C11H7NS/c1-2-9-4-3-5-10(8-9)11-12-6-7-13-11/h1,3-8H. The third kappa shape index (κ3) is 1.61. The van der Waals surface area contributed by atoms with Crippen molar-refractivity contribution in [2.24, 2.45) is 0 Å². The molecule has 0 saturated carbocycles. The molecular weight excluding hydrogens is 178 g/mol. The van der Waals surface area contributed by atoms with Gasteiger partial charge in [0.25, 0.3) is 0 Å². The minimum Gasteiger partial charge on any atom is -0.245 e. The van der Waals surface area contributed by atoms with Crippen LogP contribution in [0.15, 0.2) is 35.8 Å². The lowest BCUT2D eigenvalue weighted by Gasteiger charge is -1.95. The molecule has 2 rings (SSSR count). The molecule has 0 aliphatic rings. The van der Waals surface area contributed by atoms with Crippen LogP contribution in [0.2, 0.25) is 0 Å². The van der Waals surface area contributed by atoms with Gasteiger partial charge < -0.3 is 0 Å². The quantitative estimate of drug-likeness (QED) is 0.622. The van der Waals surface area contributed by atoms with Crippen molar-refractivity contribution in [3.63, 3.8) is 0 Å². The second kappa shape index (κ2) is 3.42. The summed E-state index contributed by atoms with van der Waals surface area (Å²) in [7, 11) is 0. The summed E-state index contributed by atoms with van der Waals surface area (Å²) in [6.45, 7) is 0. The van der Waals surface area contributed by atoms with Gasteiger partial charge in [-0.25, -0.2) is 4.98 Å². The SMILES string of the molecule is C#Cc1cccc(-c2nccs2)c1. The third-order valence-corrected chi connectivity index (χ3v) is 2.53. The number of rotatable bonds is 1. The average molecular weight is 185 g/mol. The monoisotopic (exact) mass is 185 g/mol. The summed E-state index contributed by atoms with van der Waals surface area (Å²) in [5.74, 6) is 2.61. The van der Waals surface area contributed by atoms with Crippen LogP contribution >= 0.6 is 11.3 Å². The van der Waals surface area contributed by atoms with E-state index in [0.717, 1.165) is 16.1 Å². The topological polar surface area (TPSA) is 12.9 Å². The predicted molar refractivity (Wildman–Crippen MR) is 55.5 cm³/mol. The highest BCUT2D eigenvalue weighted by atomic mass is 32.1. The Morgan fingerprint density at radius 2 is 2.31 bits per heavy atom. The minimum absolute atomic E-state index is 0.896. The second-order valence-electron chi connectivity index (χ2n) is 2.56. The van der Waals surface area contributed by atoms with E-state index in [1.54, 1.807) is 17.5 Å². The molecule has 0 N–H and O–H groups in total. The van der Waals surface area contributed by atoms with Crippen molar-refractivity contribution in [2.45, 2.75) is 0 Å². The first-order chi connectivity index (χ1) is 6.40. The van der Waals surface area contributed by atoms with E-state index in [0.29, 0.717) is 0 Å². The lowest BCUT2D eigenvalue weighted by molar-refractivity contribution is 1.41. The largest absolute Gasteiger partial charge is 0.245 e. The Balaban J connectivity index is 2.49. The highest BCUT2D eigenvalue weighted by Gasteiger charge is 1.99. The smallest absolute Gasteiger partial charge is 0.123 e. The van der Waals surface area contributed by atoms with Gasteiger partial charge in [0.2, 0.25) is 0 Å². The Morgan fingerprint density at radius 3 is 3.00 bits per heavy atom. The number of hydrogen-bond donors (Lipinski definition) is 0. The lowest BCUT2D eigenvalue weighted by Crippen LogP contribution is -1.77. The van der Waals surface area contributed by atoms with Gasteiger partial charge in [-0.05, 0) is 12.1 Å². The van der Waals surface area contributed by atoms with Crippen LogP contribution in [-0.4, -0.2) is 4.98 Å². The molecule has 0 atom stereocenters. The fraction of sp³-hybridized carbons (Fsp3) is 0. The molecule has 2 heteroatoms. The number of aromatic nitrogens is 1. The zero-order chi connectivity index (χ0) is 9.10. The number of thiazole rings is 1. The minimum atomic E-state index is 0.896. The Labute approximate surface area is 81.1 Å². The van der Waals surface area contributed by atoms with E-state index in [1.807, 2.05) is 29.6 Å². The number of nitrogens with zero attached hydrogens (tertiary/aromatic N) is 1. The highest BCUT2D eigenvalue weighted by Crippen LogP contribution is 2.21. The predicted octanol–water partition coefficient (Wildman–Crippen LogP) is 2.79. The Hall–Kier alpha value is -1.59. The van der Waals surface area contributed by atoms with Crippen molar-refractivity contribution in [2.75, 3.05) is 0 Å². The Kier molecular flexibility index (Phi) is 2.11. The first kappa shape index (κ1) is 8.03. The molecule has 1 aromatic heterocycles. The van der Waals surface area contributed by atoms with Gasteiger partial charge in [0, 0.05) is 22.7 Å². The zero-order valence-electron chi connectivity index (χ0n) is 6.90. The van der Waals surface area contributed by atoms with Crippen LogP contribution in [0.4, 0.5) is 0 Å². The molecule has 13 heavy (non-hydrogen) atoms. The first-order valence-corrected chi connectivity index (χ1v) is 4.74. The van der Waals surface area contributed by atoms with Gasteiger partial charge in [-0.3, -0.25) is 0 Å². The molecule has 1 aromatic carbocycles. The summed E-state index contributed by atoms with van der Waals surface area (Å²) in [6.07, 6.45) is 7.10. The van der Waals surface area contributed by atoms with Crippen LogP contribution in [0.5, 0.6) is 0 Å². The Morgan fingerprint density at radius 1 is 1.38 bits per heavy atom. The van der Waals surface area contributed by atoms with Gasteiger partial charge in [-0.2, -0.15) is 0 Å². The van der Waals surface area contributed by atoms with Crippen LogP contribution in [0.1, 0.15) is 5.56 Å². The van der Waals surface area contributed by atoms with Crippen molar-refractivity contribution < 1.29 is 0 Å². The maximum absolute atomic E-state index is 5.31. The molecule has 1 nitrogen and oxygen atoms in total. The highest BCUT2D eigenvalue weighted by molar-refractivity contribution is 7.13. The van der Waals surface area contributed by atoms with Crippen LogP contribution in [-0.2, 0) is 0 Å². The van der Waals surface area contributed by atoms with E-state index in [1.165, 1.54) is 0 Å². The van der Waals surface area contributed by atoms with Gasteiger partial charge in [-0.15, -0.1) is 17.8 Å². The summed E-state index contributed by atoms with van der Waals surface area (Å²) in [5, 5.41) is 2.97. The maximum atomic E-state index is 5.31. The molecule has 1 heterocycles. The van der Waals surface area contributed by atoms with Crippen LogP contribution in [0, 0.1) is 12.3 Å². The van der Waals surface area contributed by atoms with Crippen molar-refractivity contribution in [3.05, 3.63) is 41.4 Å². The fourth-order valence-corrected chi connectivity index (χ4v) is 1.74. The maximum Gasteiger partial charge on any atom is 0.123 e. The Bertz CT molecular complexity index is 437. The van der Waals surface area contributed by atoms with E-state index in [-0.39, 0.29) is 0 Å². The summed E-state index contributed by atoms with van der Waals surface area (Å²) in [5.41, 5.74) is 1.98. The zero-order valence-corrected chi connectivity index (χ0v) is 7.71. The molecule has 0 radical (unpaired) electrons. The molecule has 0 spiro atoms. The molecule has 0 amide bonds. The molecule has 2 aromatic rings. The van der Waals surface area contributed by atoms with Crippen LogP contribution in [0.25, 0.3) is 10.6 Å². The molecule has 0 bridgehead atoms. The third-order valence-electron chi connectivity index (χ3n) is 1.71. The molecule has 0 aliphatic heterocycles. The van der Waals surface area contributed by atoms with E-state index in [2.05, 4.69) is 10.9 Å².